The Morgan fingerprint density at radius 1 is 1.22 bits per heavy atom. The van der Waals surface area contributed by atoms with Gasteiger partial charge in [0.15, 0.2) is 5.76 Å². The molecule has 2 aromatic rings. The van der Waals surface area contributed by atoms with Gasteiger partial charge in [-0.1, -0.05) is 35.5 Å². The highest BCUT2D eigenvalue weighted by Gasteiger charge is 2.38. The van der Waals surface area contributed by atoms with Crippen molar-refractivity contribution in [2.24, 2.45) is 5.73 Å². The van der Waals surface area contributed by atoms with Gasteiger partial charge < -0.3 is 26.0 Å². The third-order valence-corrected chi connectivity index (χ3v) is 2.81. The standard InChI is InChI=1S/C13H14N4O3.C2HF3O2/c1-8-11(16-13(19)15-7-10(14)18)12(17-20-8)9-5-3-2-4-6-9;3-2(4,5)1(6)7/h2-6H,7H2,1H3,(H2,14,18)(H2,15,16,19);(H,6,7). The fourth-order valence-electron chi connectivity index (χ4n) is 1.64. The zero-order chi connectivity index (χ0) is 20.6. The number of hydrogen-bond acceptors (Lipinski definition) is 5. The van der Waals surface area contributed by atoms with E-state index in [1.165, 1.54) is 0 Å². The molecule has 1 aromatic carbocycles. The molecule has 0 atom stereocenters. The van der Waals surface area contributed by atoms with E-state index >= 15 is 0 Å². The third-order valence-electron chi connectivity index (χ3n) is 2.81. The fourth-order valence-corrected chi connectivity index (χ4v) is 1.64. The second kappa shape index (κ2) is 9.22. The van der Waals surface area contributed by atoms with Gasteiger partial charge in [-0.25, -0.2) is 9.59 Å². The van der Waals surface area contributed by atoms with Crippen LogP contribution in [0.5, 0.6) is 0 Å². The summed E-state index contributed by atoms with van der Waals surface area (Å²) in [7, 11) is 0. The van der Waals surface area contributed by atoms with Crippen molar-refractivity contribution in [3.63, 3.8) is 0 Å². The first-order chi connectivity index (χ1) is 12.5. The molecule has 27 heavy (non-hydrogen) atoms. The number of alkyl halides is 3. The molecule has 2 rings (SSSR count). The number of rotatable bonds is 4. The Morgan fingerprint density at radius 2 is 1.78 bits per heavy atom. The molecule has 12 heteroatoms. The topological polar surface area (TPSA) is 148 Å². The molecule has 0 aliphatic carbocycles. The Balaban J connectivity index is 0.000000445. The van der Waals surface area contributed by atoms with Crippen LogP contribution in [-0.2, 0) is 9.59 Å². The van der Waals surface area contributed by atoms with Crippen molar-refractivity contribution < 1.29 is 37.2 Å². The first-order valence-corrected chi connectivity index (χ1v) is 7.17. The molecule has 0 radical (unpaired) electrons. The van der Waals surface area contributed by atoms with E-state index in [0.29, 0.717) is 17.1 Å². The maximum absolute atomic E-state index is 11.7. The van der Waals surface area contributed by atoms with Crippen molar-refractivity contribution in [3.05, 3.63) is 36.1 Å². The normalized spacial score (nSPS) is 10.4. The van der Waals surface area contributed by atoms with E-state index < -0.39 is 24.1 Å². The van der Waals surface area contributed by atoms with Gasteiger partial charge in [0.1, 0.15) is 11.4 Å². The van der Waals surface area contributed by atoms with Gasteiger partial charge in [0.05, 0.1) is 6.54 Å². The van der Waals surface area contributed by atoms with Crippen LogP contribution >= 0.6 is 0 Å². The molecule has 0 aliphatic heterocycles. The zero-order valence-corrected chi connectivity index (χ0v) is 13.8. The summed E-state index contributed by atoms with van der Waals surface area (Å²) in [5.41, 5.74) is 6.75. The molecule has 0 unspecified atom stereocenters. The van der Waals surface area contributed by atoms with Crippen LogP contribution in [-0.4, -0.2) is 40.9 Å². The number of halogens is 3. The molecule has 0 saturated carbocycles. The summed E-state index contributed by atoms with van der Waals surface area (Å²) in [5, 5.41) is 16.0. The highest BCUT2D eigenvalue weighted by molar-refractivity contribution is 5.95. The molecule has 0 bridgehead atoms. The van der Waals surface area contributed by atoms with E-state index in [2.05, 4.69) is 15.8 Å². The van der Waals surface area contributed by atoms with Crippen LogP contribution in [0.15, 0.2) is 34.9 Å². The number of carboxylic acid groups (broad SMARTS) is 1. The number of nitrogens with one attached hydrogen (secondary N) is 2. The van der Waals surface area contributed by atoms with E-state index in [4.69, 9.17) is 20.2 Å². The van der Waals surface area contributed by atoms with Gasteiger partial charge in [-0.05, 0) is 6.92 Å². The van der Waals surface area contributed by atoms with E-state index in [1.807, 2.05) is 30.3 Å². The number of aromatic nitrogens is 1. The van der Waals surface area contributed by atoms with Gasteiger partial charge in [0.25, 0.3) is 0 Å². The lowest BCUT2D eigenvalue weighted by Crippen LogP contribution is -2.36. The van der Waals surface area contributed by atoms with Crippen LogP contribution in [0.4, 0.5) is 23.7 Å². The first-order valence-electron chi connectivity index (χ1n) is 7.17. The predicted octanol–water partition coefficient (Wildman–Crippen LogP) is 1.89. The average Bonchev–Trinajstić information content (AvgIpc) is 2.94. The minimum absolute atomic E-state index is 0.239. The minimum atomic E-state index is -5.08. The summed E-state index contributed by atoms with van der Waals surface area (Å²) in [6.45, 7) is 1.44. The number of urea groups is 1. The van der Waals surface area contributed by atoms with Crippen molar-refractivity contribution in [1.29, 1.82) is 0 Å². The van der Waals surface area contributed by atoms with Gasteiger partial charge in [0.2, 0.25) is 5.91 Å². The van der Waals surface area contributed by atoms with E-state index in [9.17, 15) is 22.8 Å². The molecular weight excluding hydrogens is 373 g/mol. The van der Waals surface area contributed by atoms with Crippen molar-refractivity contribution in [2.75, 3.05) is 11.9 Å². The number of aryl methyl sites for hydroxylation is 1. The number of nitrogens with two attached hydrogens (primary N) is 1. The van der Waals surface area contributed by atoms with Crippen LogP contribution < -0.4 is 16.4 Å². The Hall–Kier alpha value is -3.57. The van der Waals surface area contributed by atoms with Gasteiger partial charge in [-0.2, -0.15) is 13.2 Å². The SMILES string of the molecule is Cc1onc(-c2ccccc2)c1NC(=O)NCC(N)=O.O=C(O)C(F)(F)F. The highest BCUT2D eigenvalue weighted by atomic mass is 19.4. The number of primary amides is 1. The van der Waals surface area contributed by atoms with Gasteiger partial charge in [-0.15, -0.1) is 0 Å². The van der Waals surface area contributed by atoms with Gasteiger partial charge >= 0.3 is 18.2 Å². The van der Waals surface area contributed by atoms with Crippen molar-refractivity contribution in [1.82, 2.24) is 10.5 Å². The maximum Gasteiger partial charge on any atom is 0.490 e. The molecule has 1 heterocycles. The molecule has 5 N–H and O–H groups in total. The van der Waals surface area contributed by atoms with Crippen LogP contribution in [0.1, 0.15) is 5.76 Å². The van der Waals surface area contributed by atoms with Crippen molar-refractivity contribution in [3.8, 4) is 11.3 Å². The maximum atomic E-state index is 11.7. The molecule has 1 aromatic heterocycles. The Morgan fingerprint density at radius 3 is 2.26 bits per heavy atom. The smallest absolute Gasteiger partial charge is 0.475 e. The van der Waals surface area contributed by atoms with E-state index in [1.54, 1.807) is 6.92 Å². The van der Waals surface area contributed by atoms with Crippen LogP contribution in [0.2, 0.25) is 0 Å². The second-order valence-electron chi connectivity index (χ2n) is 4.91. The van der Waals surface area contributed by atoms with Crippen molar-refractivity contribution in [2.45, 2.75) is 13.1 Å². The largest absolute Gasteiger partial charge is 0.490 e. The number of aliphatic carboxylic acids is 1. The van der Waals surface area contributed by atoms with Gasteiger partial charge in [0, 0.05) is 5.56 Å². The number of hydrogen-bond donors (Lipinski definition) is 4. The summed E-state index contributed by atoms with van der Waals surface area (Å²) in [4.78, 5) is 31.2. The van der Waals surface area contributed by atoms with E-state index in [0.717, 1.165) is 5.56 Å². The third kappa shape index (κ3) is 7.05. The summed E-state index contributed by atoms with van der Waals surface area (Å²) in [5.74, 6) is -2.91. The quantitative estimate of drug-likeness (QED) is 0.629. The van der Waals surface area contributed by atoms with E-state index in [-0.39, 0.29) is 6.54 Å². The second-order valence-corrected chi connectivity index (χ2v) is 4.91. The number of anilines is 1. The number of carbonyl (C=O) groups excluding carboxylic acids is 2. The number of carbonyl (C=O) groups is 3. The average molecular weight is 388 g/mol. The molecule has 0 saturated heterocycles. The minimum Gasteiger partial charge on any atom is -0.475 e. The number of benzene rings is 1. The molecule has 3 amide bonds. The molecule has 0 fully saturated rings. The lowest BCUT2D eigenvalue weighted by Gasteiger charge is -2.06. The Bertz CT molecular complexity index is 806. The van der Waals surface area contributed by atoms with Crippen LogP contribution in [0, 0.1) is 6.92 Å². The van der Waals surface area contributed by atoms with Crippen molar-refractivity contribution >= 4 is 23.6 Å². The summed E-state index contributed by atoms with van der Waals surface area (Å²) >= 11 is 0. The molecular formula is C15H15F3N4O5. The number of carboxylic acids is 1. The lowest BCUT2D eigenvalue weighted by atomic mass is 10.1. The number of nitrogens with zero attached hydrogens (tertiary/aromatic N) is 1. The fraction of sp³-hybridized carbons (Fsp3) is 0.200. The molecule has 0 aliphatic rings. The monoisotopic (exact) mass is 388 g/mol. The van der Waals surface area contributed by atoms with Crippen LogP contribution in [0.25, 0.3) is 11.3 Å². The highest BCUT2D eigenvalue weighted by Crippen LogP contribution is 2.29. The molecule has 0 spiro atoms. The molecule has 146 valence electrons. The zero-order valence-electron chi connectivity index (χ0n) is 13.8. The number of amides is 3. The molecule has 9 nitrogen and oxygen atoms in total. The Labute approximate surface area is 150 Å². The summed E-state index contributed by atoms with van der Waals surface area (Å²) < 4.78 is 36.8. The predicted molar refractivity (Wildman–Crippen MR) is 86.6 cm³/mol. The summed E-state index contributed by atoms with van der Waals surface area (Å²) in [6, 6.07) is 8.75. The van der Waals surface area contributed by atoms with Crippen LogP contribution in [0.3, 0.4) is 0 Å². The first kappa shape index (κ1) is 21.5. The summed E-state index contributed by atoms with van der Waals surface area (Å²) in [6.07, 6.45) is -5.08. The lowest BCUT2D eigenvalue weighted by molar-refractivity contribution is -0.192. The van der Waals surface area contributed by atoms with Gasteiger partial charge in [-0.3, -0.25) is 4.79 Å². The Kier molecular flexibility index (Phi) is 7.33.